The minimum absolute atomic E-state index is 0. The maximum atomic E-state index is 8.93. The molecule has 2 radical (unpaired) electrons. The van der Waals surface area contributed by atoms with Crippen LogP contribution in [-0.4, -0.2) is 90.6 Å². The van der Waals surface area contributed by atoms with Crippen molar-refractivity contribution in [3.05, 3.63) is 0 Å². The summed E-state index contributed by atoms with van der Waals surface area (Å²) in [4.78, 5) is 53.6. The van der Waals surface area contributed by atoms with E-state index in [-0.39, 0.29) is 98.2 Å². The van der Waals surface area contributed by atoms with E-state index in [1.807, 2.05) is 0 Å². The molecule has 0 saturated carbocycles. The van der Waals surface area contributed by atoms with Gasteiger partial charge in [-0.05, 0) is 0 Å². The van der Waals surface area contributed by atoms with Gasteiger partial charge in [-0.25, -0.2) is 0 Å². The third kappa shape index (κ3) is 165. The molecule has 22 nitrogen and oxygen atoms in total. The van der Waals surface area contributed by atoms with Gasteiger partial charge in [0.2, 0.25) is 0 Å². The standard InChI is InChI=1S/3C2H2O4.10H2O.2Ti/c3*3-1(4)2(5)6;;;;;;;;;;;;/h3*(H,3,4)(H,5,6);10*1H2;;/q;;;;;;;;;;;;;2*+3/p-6. The second-order valence-electron chi connectivity index (χ2n) is 1.72. The van der Waals surface area contributed by atoms with Crippen molar-refractivity contribution < 1.29 is 158 Å². The number of carboxylic acid groups (broad SMARTS) is 6. The smallest absolute Gasteiger partial charge is 0.543 e. The van der Waals surface area contributed by atoms with Crippen LogP contribution in [0.25, 0.3) is 0 Å². The maximum Gasteiger partial charge on any atom is 3.00 e. The molecule has 0 spiro atoms. The number of carbonyl (C=O) groups excluding carboxylic acids is 6. The van der Waals surface area contributed by atoms with Crippen LogP contribution >= 0.6 is 0 Å². The zero-order valence-electron chi connectivity index (χ0n) is 13.9. The van der Waals surface area contributed by atoms with Crippen LogP contribution in [0.5, 0.6) is 0 Å². The summed E-state index contributed by atoms with van der Waals surface area (Å²) < 4.78 is 0. The Morgan fingerprint density at radius 2 is 0.300 bits per heavy atom. The van der Waals surface area contributed by atoms with Gasteiger partial charge in [0.25, 0.3) is 0 Å². The van der Waals surface area contributed by atoms with E-state index in [0.29, 0.717) is 0 Å². The first-order chi connectivity index (χ1) is 7.93. The number of carboxylic acids is 6. The first-order valence-corrected chi connectivity index (χ1v) is 3.20. The van der Waals surface area contributed by atoms with Crippen molar-refractivity contribution in [2.45, 2.75) is 0 Å². The molecule has 0 saturated heterocycles. The topological polar surface area (TPSA) is 556 Å². The zero-order valence-corrected chi connectivity index (χ0v) is 17.0. The second-order valence-corrected chi connectivity index (χ2v) is 1.72. The summed E-state index contributed by atoms with van der Waals surface area (Å²) in [6.45, 7) is 0. The number of carbonyl (C=O) groups is 6. The van der Waals surface area contributed by atoms with E-state index in [0.717, 1.165) is 0 Å². The first kappa shape index (κ1) is 122. The molecule has 0 aromatic heterocycles. The van der Waals surface area contributed by atoms with E-state index in [1.54, 1.807) is 0 Å². The Labute approximate surface area is 193 Å². The molecular weight excluding hydrogens is 520 g/mol. The van der Waals surface area contributed by atoms with Gasteiger partial charge in [0.05, 0.1) is 35.8 Å². The number of aliphatic carboxylic acids is 6. The molecule has 0 aliphatic rings. The summed E-state index contributed by atoms with van der Waals surface area (Å²) in [5, 5.41) is 53.6. The molecule has 0 bridgehead atoms. The van der Waals surface area contributed by atoms with Crippen molar-refractivity contribution in [3.8, 4) is 0 Å². The Kier molecular flexibility index (Phi) is 289. The van der Waals surface area contributed by atoms with Crippen LogP contribution in [0, 0.1) is 0 Å². The minimum atomic E-state index is -2.19. The molecule has 0 aliphatic heterocycles. The van der Waals surface area contributed by atoms with Crippen molar-refractivity contribution in [1.29, 1.82) is 0 Å². The van der Waals surface area contributed by atoms with Crippen LogP contribution in [-0.2, 0) is 72.2 Å². The molecule has 184 valence electrons. The van der Waals surface area contributed by atoms with E-state index in [2.05, 4.69) is 0 Å². The fourth-order valence-corrected chi connectivity index (χ4v) is 0. The fraction of sp³-hybridized carbons (Fsp3) is 0. The van der Waals surface area contributed by atoms with Crippen LogP contribution in [0.1, 0.15) is 0 Å². The average molecular weight is 540 g/mol. The normalized spacial score (nSPS) is 4.40. The Balaban J connectivity index is -0.00000000721. The zero-order chi connectivity index (χ0) is 15.5. The summed E-state index contributed by atoms with van der Waals surface area (Å²) in [6.07, 6.45) is 0. The van der Waals surface area contributed by atoms with Crippen molar-refractivity contribution in [2.24, 2.45) is 0 Å². The third-order valence-corrected chi connectivity index (χ3v) is 0.500. The molecule has 0 unspecified atom stereocenters. The Bertz CT molecular complexity index is 287. The Morgan fingerprint density at radius 1 is 0.267 bits per heavy atom. The van der Waals surface area contributed by atoms with E-state index < -0.39 is 35.8 Å². The molecule has 0 amide bonds. The van der Waals surface area contributed by atoms with Gasteiger partial charge >= 0.3 is 43.4 Å². The van der Waals surface area contributed by atoms with Gasteiger partial charge in [0, 0.05) is 0 Å². The largest absolute Gasteiger partial charge is 3.00 e. The third-order valence-electron chi connectivity index (χ3n) is 0.500. The fourth-order valence-electron chi connectivity index (χ4n) is 0. The van der Waals surface area contributed by atoms with Gasteiger partial charge < -0.3 is 114 Å². The monoisotopic (exact) mass is 540 g/mol. The van der Waals surface area contributed by atoms with Crippen LogP contribution in [0.3, 0.4) is 0 Å². The van der Waals surface area contributed by atoms with Gasteiger partial charge in [-0.15, -0.1) is 0 Å². The van der Waals surface area contributed by atoms with Gasteiger partial charge in [-0.1, -0.05) is 0 Å². The van der Waals surface area contributed by atoms with Crippen LogP contribution in [0.15, 0.2) is 0 Å². The molecule has 24 heteroatoms. The van der Waals surface area contributed by atoms with E-state index in [9.17, 15) is 0 Å². The number of hydrogen-bond acceptors (Lipinski definition) is 12. The summed E-state index contributed by atoms with van der Waals surface area (Å²) in [7, 11) is 0. The minimum Gasteiger partial charge on any atom is -0.543 e. The van der Waals surface area contributed by atoms with Crippen LogP contribution in [0.2, 0.25) is 0 Å². The molecular formula is C6H20O22Ti2. The molecule has 0 heterocycles. The maximum absolute atomic E-state index is 8.93. The quantitative estimate of drug-likeness (QED) is 0.204. The molecule has 20 N–H and O–H groups in total. The Morgan fingerprint density at radius 3 is 0.300 bits per heavy atom. The summed E-state index contributed by atoms with van der Waals surface area (Å²) in [6, 6.07) is 0. The molecule has 0 rings (SSSR count). The number of rotatable bonds is 0. The first-order valence-electron chi connectivity index (χ1n) is 3.20. The van der Waals surface area contributed by atoms with E-state index in [1.165, 1.54) is 0 Å². The van der Waals surface area contributed by atoms with Crippen molar-refractivity contribution >= 4 is 35.8 Å². The van der Waals surface area contributed by atoms with E-state index in [4.69, 9.17) is 59.4 Å². The van der Waals surface area contributed by atoms with Crippen molar-refractivity contribution in [2.75, 3.05) is 0 Å². The van der Waals surface area contributed by atoms with Crippen LogP contribution in [0.4, 0.5) is 0 Å². The van der Waals surface area contributed by atoms with Crippen molar-refractivity contribution in [3.63, 3.8) is 0 Å². The molecule has 0 atom stereocenters. The molecule has 0 aliphatic carbocycles. The average Bonchev–Trinajstić information content (AvgIpc) is 2.18. The van der Waals surface area contributed by atoms with Crippen molar-refractivity contribution in [1.82, 2.24) is 0 Å². The second kappa shape index (κ2) is 71.4. The van der Waals surface area contributed by atoms with Gasteiger partial charge in [0.15, 0.2) is 0 Å². The molecule has 30 heavy (non-hydrogen) atoms. The van der Waals surface area contributed by atoms with Crippen LogP contribution < -0.4 is 30.6 Å². The SMILES string of the molecule is O.O.O.O.O.O.O.O.O.O.O=C([O-])C(=O)[O-].O=C([O-])C(=O)[O-].O=C([O-])C(=O)[O-].[Ti+3].[Ti+3]. The molecule has 0 aromatic rings. The summed E-state index contributed by atoms with van der Waals surface area (Å²) >= 11 is 0. The predicted molar refractivity (Wildman–Crippen MR) is 66.2 cm³/mol. The predicted octanol–water partition coefficient (Wildman–Crippen LogP) is -18.8. The summed E-state index contributed by atoms with van der Waals surface area (Å²) in [5.74, 6) is -13.1. The van der Waals surface area contributed by atoms with Gasteiger partial charge in [-0.2, -0.15) is 0 Å². The van der Waals surface area contributed by atoms with Gasteiger partial charge in [-0.3, -0.25) is 0 Å². The van der Waals surface area contributed by atoms with Gasteiger partial charge in [0.1, 0.15) is 0 Å². The summed E-state index contributed by atoms with van der Waals surface area (Å²) in [5.41, 5.74) is 0. The molecule has 0 aromatic carbocycles. The Hall–Kier alpha value is -2.15. The number of hydrogen-bond donors (Lipinski definition) is 0. The molecule has 0 fully saturated rings. The van der Waals surface area contributed by atoms with E-state index >= 15 is 0 Å².